The van der Waals surface area contributed by atoms with Gasteiger partial charge in [-0.25, -0.2) is 4.98 Å². The molecule has 0 bridgehead atoms. The van der Waals surface area contributed by atoms with E-state index < -0.39 is 0 Å². The summed E-state index contributed by atoms with van der Waals surface area (Å²) < 4.78 is 7.56. The monoisotopic (exact) mass is 444 g/mol. The Labute approximate surface area is 193 Å². The topological polar surface area (TPSA) is 86.4 Å². The van der Waals surface area contributed by atoms with E-state index in [0.717, 1.165) is 48.8 Å². The molecule has 4 heterocycles. The van der Waals surface area contributed by atoms with Crippen molar-refractivity contribution in [1.29, 1.82) is 5.26 Å². The van der Waals surface area contributed by atoms with Crippen molar-refractivity contribution in [2.75, 3.05) is 36.5 Å². The number of pyridine rings is 2. The number of rotatable bonds is 3. The minimum absolute atomic E-state index is 0.0770. The van der Waals surface area contributed by atoms with Crippen LogP contribution in [0.4, 0.5) is 11.4 Å². The Bertz CT molecular complexity index is 1310. The van der Waals surface area contributed by atoms with Crippen LogP contribution < -0.4 is 20.5 Å². The van der Waals surface area contributed by atoms with Crippen LogP contribution in [-0.4, -0.2) is 52.8 Å². The third-order valence-corrected chi connectivity index (χ3v) is 6.74. The highest BCUT2D eigenvalue weighted by atomic mass is 16.5. The van der Waals surface area contributed by atoms with Crippen LogP contribution in [0.1, 0.15) is 25.1 Å². The highest BCUT2D eigenvalue weighted by Gasteiger charge is 2.31. The van der Waals surface area contributed by atoms with E-state index in [9.17, 15) is 10.1 Å². The highest BCUT2D eigenvalue weighted by molar-refractivity contribution is 5.89. The summed E-state index contributed by atoms with van der Waals surface area (Å²) in [4.78, 5) is 22.0. The van der Waals surface area contributed by atoms with Gasteiger partial charge in [0.15, 0.2) is 0 Å². The van der Waals surface area contributed by atoms with Crippen LogP contribution in [-0.2, 0) is 13.6 Å². The molecule has 3 aromatic rings. The second kappa shape index (κ2) is 8.41. The smallest absolute Gasteiger partial charge is 0.252 e. The SMILES string of the molecule is C[C@@H]1CN(c2cc(=O)n(C)c3ccc(C#N)nc23)[C@@H](C)CN1Cc1cccc2c1OCCN2. The van der Waals surface area contributed by atoms with E-state index >= 15 is 0 Å². The fourth-order valence-corrected chi connectivity index (χ4v) is 4.92. The van der Waals surface area contributed by atoms with Crippen molar-refractivity contribution < 1.29 is 4.74 Å². The molecule has 1 N–H and O–H groups in total. The van der Waals surface area contributed by atoms with Gasteiger partial charge in [0.25, 0.3) is 5.56 Å². The summed E-state index contributed by atoms with van der Waals surface area (Å²) in [5.74, 6) is 0.955. The number of ether oxygens (including phenoxy) is 1. The molecule has 8 nitrogen and oxygen atoms in total. The molecule has 2 aliphatic rings. The first-order valence-corrected chi connectivity index (χ1v) is 11.4. The zero-order valence-corrected chi connectivity index (χ0v) is 19.2. The first kappa shape index (κ1) is 21.3. The summed E-state index contributed by atoms with van der Waals surface area (Å²) in [5.41, 5.74) is 4.75. The van der Waals surface area contributed by atoms with E-state index in [1.165, 1.54) is 5.56 Å². The van der Waals surface area contributed by atoms with Gasteiger partial charge in [-0.3, -0.25) is 9.69 Å². The number of nitrogens with zero attached hydrogens (tertiary/aromatic N) is 5. The molecule has 0 unspecified atom stereocenters. The normalized spacial score (nSPS) is 20.6. The van der Waals surface area contributed by atoms with Gasteiger partial charge in [0, 0.05) is 56.9 Å². The second-order valence-electron chi connectivity index (χ2n) is 8.95. The number of para-hydroxylation sites is 1. The molecule has 2 aromatic heterocycles. The van der Waals surface area contributed by atoms with Gasteiger partial charge in [0.1, 0.15) is 29.6 Å². The van der Waals surface area contributed by atoms with E-state index in [4.69, 9.17) is 4.74 Å². The number of nitrogens with one attached hydrogen (secondary N) is 1. The second-order valence-corrected chi connectivity index (χ2v) is 8.95. The number of hydrogen-bond acceptors (Lipinski definition) is 7. The molecule has 0 spiro atoms. The molecular weight excluding hydrogens is 416 g/mol. The van der Waals surface area contributed by atoms with Crippen molar-refractivity contribution in [1.82, 2.24) is 14.5 Å². The van der Waals surface area contributed by atoms with E-state index in [1.807, 2.05) is 6.07 Å². The molecule has 0 radical (unpaired) electrons. The van der Waals surface area contributed by atoms with Gasteiger partial charge >= 0.3 is 0 Å². The molecule has 170 valence electrons. The Morgan fingerprint density at radius 1 is 1.21 bits per heavy atom. The molecule has 0 aliphatic carbocycles. The average molecular weight is 445 g/mol. The van der Waals surface area contributed by atoms with Crippen LogP contribution in [0.15, 0.2) is 41.2 Å². The van der Waals surface area contributed by atoms with Crippen LogP contribution >= 0.6 is 0 Å². The predicted molar refractivity (Wildman–Crippen MR) is 129 cm³/mol. The zero-order valence-electron chi connectivity index (χ0n) is 19.2. The van der Waals surface area contributed by atoms with Gasteiger partial charge in [-0.2, -0.15) is 5.26 Å². The largest absolute Gasteiger partial charge is 0.489 e. The Balaban J connectivity index is 1.45. The molecule has 0 amide bonds. The number of fused-ring (bicyclic) bond motifs is 2. The maximum Gasteiger partial charge on any atom is 0.252 e. The van der Waals surface area contributed by atoms with E-state index in [1.54, 1.807) is 23.7 Å². The fourth-order valence-electron chi connectivity index (χ4n) is 4.92. The molecule has 2 atom stereocenters. The lowest BCUT2D eigenvalue weighted by atomic mass is 10.0. The van der Waals surface area contributed by atoms with E-state index in [-0.39, 0.29) is 17.6 Å². The van der Waals surface area contributed by atoms with Gasteiger partial charge in [-0.1, -0.05) is 12.1 Å². The zero-order chi connectivity index (χ0) is 23.1. The molecule has 1 aromatic carbocycles. The first-order valence-electron chi connectivity index (χ1n) is 11.4. The van der Waals surface area contributed by atoms with Crippen molar-refractivity contribution in [2.24, 2.45) is 7.05 Å². The van der Waals surface area contributed by atoms with Crippen molar-refractivity contribution in [2.45, 2.75) is 32.5 Å². The van der Waals surface area contributed by atoms with Gasteiger partial charge in [0.05, 0.1) is 16.9 Å². The Kier molecular flexibility index (Phi) is 5.43. The summed E-state index contributed by atoms with van der Waals surface area (Å²) in [6, 6.07) is 13.9. The lowest BCUT2D eigenvalue weighted by Crippen LogP contribution is -2.56. The molecule has 5 rings (SSSR count). The maximum absolute atomic E-state index is 12.7. The number of nitriles is 1. The summed E-state index contributed by atoms with van der Waals surface area (Å²) >= 11 is 0. The van der Waals surface area contributed by atoms with E-state index in [0.29, 0.717) is 17.8 Å². The van der Waals surface area contributed by atoms with Gasteiger partial charge in [-0.15, -0.1) is 0 Å². The molecule has 1 fully saturated rings. The third kappa shape index (κ3) is 3.79. The van der Waals surface area contributed by atoms with Crippen molar-refractivity contribution in [3.05, 3.63) is 58.0 Å². The minimum atomic E-state index is -0.0770. The van der Waals surface area contributed by atoms with Gasteiger partial charge < -0.3 is 19.5 Å². The van der Waals surface area contributed by atoms with Crippen LogP contribution in [0.3, 0.4) is 0 Å². The Morgan fingerprint density at radius 2 is 2.06 bits per heavy atom. The first-order chi connectivity index (χ1) is 16.0. The van der Waals surface area contributed by atoms with Crippen molar-refractivity contribution in [3.8, 4) is 11.8 Å². The predicted octanol–water partition coefficient (Wildman–Crippen LogP) is 2.71. The average Bonchev–Trinajstić information content (AvgIpc) is 2.83. The molecule has 8 heteroatoms. The van der Waals surface area contributed by atoms with Gasteiger partial charge in [0.2, 0.25) is 0 Å². The van der Waals surface area contributed by atoms with Crippen LogP contribution in [0.25, 0.3) is 11.0 Å². The number of hydrogen-bond donors (Lipinski definition) is 1. The molecule has 1 saturated heterocycles. The summed E-state index contributed by atoms with van der Waals surface area (Å²) in [7, 11) is 1.74. The summed E-state index contributed by atoms with van der Waals surface area (Å²) in [6.45, 7) is 8.30. The molecular formula is C25H28N6O2. The van der Waals surface area contributed by atoms with Gasteiger partial charge in [-0.05, 0) is 32.0 Å². The molecule has 33 heavy (non-hydrogen) atoms. The number of aryl methyl sites for hydroxylation is 1. The number of benzene rings is 1. The highest BCUT2D eigenvalue weighted by Crippen LogP contribution is 2.34. The summed E-state index contributed by atoms with van der Waals surface area (Å²) in [5, 5.41) is 12.8. The quantitative estimate of drug-likeness (QED) is 0.665. The lowest BCUT2D eigenvalue weighted by Gasteiger charge is -2.45. The van der Waals surface area contributed by atoms with Crippen molar-refractivity contribution in [3.63, 3.8) is 0 Å². The maximum atomic E-state index is 12.7. The van der Waals surface area contributed by atoms with Crippen LogP contribution in [0, 0.1) is 11.3 Å². The third-order valence-electron chi connectivity index (χ3n) is 6.74. The standard InChI is InChI=1S/C25H28N6O2/c1-16-14-31(22-11-23(32)29(3)21-8-7-19(12-26)28-24(21)22)17(2)13-30(16)15-18-5-4-6-20-25(18)33-10-9-27-20/h4-8,11,16-17,27H,9-10,13-15H2,1-3H3/t16-,17+/m1/s1. The number of aromatic nitrogens is 2. The Hall–Kier alpha value is -3.57. The lowest BCUT2D eigenvalue weighted by molar-refractivity contribution is 0.155. The van der Waals surface area contributed by atoms with Crippen LogP contribution in [0.5, 0.6) is 5.75 Å². The van der Waals surface area contributed by atoms with Crippen LogP contribution in [0.2, 0.25) is 0 Å². The molecule has 2 aliphatic heterocycles. The number of anilines is 2. The fraction of sp³-hybridized carbons (Fsp3) is 0.400. The molecule has 0 saturated carbocycles. The van der Waals surface area contributed by atoms with E-state index in [2.05, 4.69) is 58.2 Å². The number of piperazine rings is 1. The minimum Gasteiger partial charge on any atom is -0.489 e. The Morgan fingerprint density at radius 3 is 2.88 bits per heavy atom. The summed E-state index contributed by atoms with van der Waals surface area (Å²) in [6.07, 6.45) is 0. The van der Waals surface area contributed by atoms with Crippen molar-refractivity contribution >= 4 is 22.4 Å².